The fraction of sp³-hybridized carbons (Fsp3) is 0.417. The van der Waals surface area contributed by atoms with Gasteiger partial charge in [-0.15, -0.1) is 24.0 Å². The molecule has 0 saturated carbocycles. The first-order valence-electron chi connectivity index (χ1n) is 10.5. The van der Waals surface area contributed by atoms with E-state index < -0.39 is 0 Å². The lowest BCUT2D eigenvalue weighted by atomic mass is 9.85. The Hall–Kier alpha value is -2.29. The van der Waals surface area contributed by atoms with E-state index in [1.807, 2.05) is 30.3 Å². The van der Waals surface area contributed by atoms with Gasteiger partial charge in [0, 0.05) is 36.5 Å². The van der Waals surface area contributed by atoms with Crippen LogP contribution in [0.2, 0.25) is 0 Å². The number of halogens is 1. The number of aliphatic imine (C=N–C) groups is 1. The molecule has 1 unspecified atom stereocenters. The van der Waals surface area contributed by atoms with Gasteiger partial charge < -0.3 is 20.7 Å². The Morgan fingerprint density at radius 2 is 1.87 bits per heavy atom. The highest BCUT2D eigenvalue weighted by Crippen LogP contribution is 2.31. The number of carbonyl (C=O) groups is 1. The van der Waals surface area contributed by atoms with E-state index in [1.54, 1.807) is 7.11 Å². The SMILES string of the molecule is CCNC(=NCC(C)(C)c1ccc(OC)cc1)NCC1CC(=O)Nc2ccccc21.I. The summed E-state index contributed by atoms with van der Waals surface area (Å²) in [6.07, 6.45) is 0.473. The summed E-state index contributed by atoms with van der Waals surface area (Å²) >= 11 is 0. The normalized spacial score (nSPS) is 15.9. The van der Waals surface area contributed by atoms with Crippen molar-refractivity contribution in [3.8, 4) is 5.75 Å². The van der Waals surface area contributed by atoms with Crippen molar-refractivity contribution in [2.45, 2.75) is 38.5 Å². The van der Waals surface area contributed by atoms with Gasteiger partial charge >= 0.3 is 0 Å². The molecule has 0 spiro atoms. The Bertz CT molecular complexity index is 897. The Labute approximate surface area is 202 Å². The molecule has 1 aliphatic heterocycles. The molecule has 1 amide bonds. The number of fused-ring (bicyclic) bond motifs is 1. The zero-order valence-electron chi connectivity index (χ0n) is 18.7. The zero-order chi connectivity index (χ0) is 21.6. The molecule has 0 radical (unpaired) electrons. The number of hydrogen-bond acceptors (Lipinski definition) is 3. The number of nitrogens with one attached hydrogen (secondary N) is 3. The van der Waals surface area contributed by atoms with Crippen LogP contribution in [0.4, 0.5) is 5.69 Å². The highest BCUT2D eigenvalue weighted by molar-refractivity contribution is 14.0. The van der Waals surface area contributed by atoms with Gasteiger partial charge in [-0.2, -0.15) is 0 Å². The predicted molar refractivity (Wildman–Crippen MR) is 138 cm³/mol. The van der Waals surface area contributed by atoms with Crippen LogP contribution < -0.4 is 20.7 Å². The van der Waals surface area contributed by atoms with Gasteiger partial charge in [-0.1, -0.05) is 44.2 Å². The van der Waals surface area contributed by atoms with E-state index in [1.165, 1.54) is 11.1 Å². The van der Waals surface area contributed by atoms with Crippen LogP contribution in [0, 0.1) is 0 Å². The molecule has 3 N–H and O–H groups in total. The summed E-state index contributed by atoms with van der Waals surface area (Å²) in [5.41, 5.74) is 3.16. The second kappa shape index (κ2) is 11.4. The molecule has 7 heteroatoms. The van der Waals surface area contributed by atoms with E-state index in [-0.39, 0.29) is 41.2 Å². The van der Waals surface area contributed by atoms with Gasteiger partial charge in [0.05, 0.1) is 13.7 Å². The third kappa shape index (κ3) is 6.59. The Morgan fingerprint density at radius 3 is 2.55 bits per heavy atom. The minimum atomic E-state index is -0.119. The maximum absolute atomic E-state index is 12.1. The summed E-state index contributed by atoms with van der Waals surface area (Å²) in [6, 6.07) is 16.1. The molecule has 2 aromatic rings. The predicted octanol–water partition coefficient (Wildman–Crippen LogP) is 4.27. The van der Waals surface area contributed by atoms with Crippen molar-refractivity contribution in [3.05, 3.63) is 59.7 Å². The van der Waals surface area contributed by atoms with Crippen LogP contribution in [-0.4, -0.2) is 38.6 Å². The molecule has 0 aromatic heterocycles. The van der Waals surface area contributed by atoms with Crippen LogP contribution in [0.5, 0.6) is 5.75 Å². The van der Waals surface area contributed by atoms with Crippen LogP contribution in [0.15, 0.2) is 53.5 Å². The molecule has 1 atom stereocenters. The van der Waals surface area contributed by atoms with Crippen LogP contribution in [0.25, 0.3) is 0 Å². The lowest BCUT2D eigenvalue weighted by molar-refractivity contribution is -0.116. The maximum Gasteiger partial charge on any atom is 0.225 e. The van der Waals surface area contributed by atoms with E-state index in [9.17, 15) is 4.79 Å². The standard InChI is InChI=1S/C24H32N4O2.HI/c1-5-25-23(27-16-24(2,3)18-10-12-19(30-4)13-11-18)26-15-17-14-22(29)28-21-9-7-6-8-20(17)21;/h6-13,17H,5,14-16H2,1-4H3,(H,28,29)(H2,25,26,27);1H. The molecule has 1 heterocycles. The molecule has 3 rings (SSSR count). The molecule has 0 saturated heterocycles. The third-order valence-electron chi connectivity index (χ3n) is 5.47. The summed E-state index contributed by atoms with van der Waals surface area (Å²) < 4.78 is 5.26. The average molecular weight is 536 g/mol. The number of para-hydroxylation sites is 1. The van der Waals surface area contributed by atoms with Crippen molar-refractivity contribution in [2.24, 2.45) is 4.99 Å². The minimum absolute atomic E-state index is 0. The lowest BCUT2D eigenvalue weighted by Crippen LogP contribution is -2.41. The van der Waals surface area contributed by atoms with Crippen molar-refractivity contribution >= 4 is 41.5 Å². The molecule has 0 fully saturated rings. The van der Waals surface area contributed by atoms with E-state index in [0.717, 1.165) is 23.9 Å². The summed E-state index contributed by atoms with van der Waals surface area (Å²) in [6.45, 7) is 8.48. The molecule has 0 bridgehead atoms. The maximum atomic E-state index is 12.1. The zero-order valence-corrected chi connectivity index (χ0v) is 21.0. The summed E-state index contributed by atoms with van der Waals surface area (Å²) in [4.78, 5) is 16.9. The molecule has 2 aromatic carbocycles. The highest BCUT2D eigenvalue weighted by atomic mass is 127. The van der Waals surface area contributed by atoms with Gasteiger partial charge in [0.15, 0.2) is 5.96 Å². The number of ether oxygens (including phenoxy) is 1. The average Bonchev–Trinajstić information content (AvgIpc) is 2.75. The van der Waals surface area contributed by atoms with E-state index >= 15 is 0 Å². The Kier molecular flexibility index (Phi) is 9.15. The summed E-state index contributed by atoms with van der Waals surface area (Å²) in [5.74, 6) is 1.80. The van der Waals surface area contributed by atoms with Crippen molar-refractivity contribution in [2.75, 3.05) is 32.1 Å². The van der Waals surface area contributed by atoms with Crippen molar-refractivity contribution in [1.82, 2.24) is 10.6 Å². The van der Waals surface area contributed by atoms with E-state index in [2.05, 4.69) is 54.9 Å². The van der Waals surface area contributed by atoms with Gasteiger partial charge in [0.1, 0.15) is 5.75 Å². The molecule has 168 valence electrons. The van der Waals surface area contributed by atoms with Crippen LogP contribution in [0.1, 0.15) is 44.2 Å². The molecular formula is C24H33IN4O2. The smallest absolute Gasteiger partial charge is 0.225 e. The second-order valence-electron chi connectivity index (χ2n) is 8.22. The topological polar surface area (TPSA) is 74.8 Å². The van der Waals surface area contributed by atoms with Crippen molar-refractivity contribution in [3.63, 3.8) is 0 Å². The van der Waals surface area contributed by atoms with Gasteiger partial charge in [0.2, 0.25) is 5.91 Å². The molecule has 1 aliphatic rings. The Balaban J connectivity index is 0.00000341. The monoisotopic (exact) mass is 536 g/mol. The number of methoxy groups -OCH3 is 1. The molecule has 6 nitrogen and oxygen atoms in total. The fourth-order valence-corrected chi connectivity index (χ4v) is 3.66. The van der Waals surface area contributed by atoms with Gasteiger partial charge in [-0.3, -0.25) is 9.79 Å². The molecule has 31 heavy (non-hydrogen) atoms. The quantitative estimate of drug-likeness (QED) is 0.281. The van der Waals surface area contributed by atoms with Gasteiger partial charge in [-0.25, -0.2) is 0 Å². The number of nitrogens with zero attached hydrogens (tertiary/aromatic N) is 1. The van der Waals surface area contributed by atoms with E-state index in [0.29, 0.717) is 19.5 Å². The first-order valence-corrected chi connectivity index (χ1v) is 10.5. The van der Waals surface area contributed by atoms with Gasteiger partial charge in [0.25, 0.3) is 0 Å². The van der Waals surface area contributed by atoms with Crippen LogP contribution >= 0.6 is 24.0 Å². The number of guanidine groups is 1. The third-order valence-corrected chi connectivity index (χ3v) is 5.47. The minimum Gasteiger partial charge on any atom is -0.497 e. The fourth-order valence-electron chi connectivity index (χ4n) is 3.66. The largest absolute Gasteiger partial charge is 0.497 e. The first kappa shape index (κ1) is 25.0. The van der Waals surface area contributed by atoms with Crippen LogP contribution in [0.3, 0.4) is 0 Å². The van der Waals surface area contributed by atoms with Crippen molar-refractivity contribution < 1.29 is 9.53 Å². The lowest BCUT2D eigenvalue weighted by Gasteiger charge is -2.27. The van der Waals surface area contributed by atoms with Crippen LogP contribution in [-0.2, 0) is 10.2 Å². The number of hydrogen-bond donors (Lipinski definition) is 3. The first-order chi connectivity index (χ1) is 14.4. The number of carbonyl (C=O) groups excluding carboxylic acids is 1. The molecule has 0 aliphatic carbocycles. The number of amides is 1. The molecular weight excluding hydrogens is 503 g/mol. The number of anilines is 1. The summed E-state index contributed by atoms with van der Waals surface area (Å²) in [5, 5.41) is 9.70. The number of benzene rings is 2. The van der Waals surface area contributed by atoms with E-state index in [4.69, 9.17) is 9.73 Å². The number of rotatable bonds is 7. The summed E-state index contributed by atoms with van der Waals surface area (Å²) in [7, 11) is 1.67. The van der Waals surface area contributed by atoms with Crippen molar-refractivity contribution in [1.29, 1.82) is 0 Å². The second-order valence-corrected chi connectivity index (χ2v) is 8.22. The van der Waals surface area contributed by atoms with Gasteiger partial charge in [-0.05, 0) is 36.2 Å². The highest BCUT2D eigenvalue weighted by Gasteiger charge is 2.25. The Morgan fingerprint density at radius 1 is 1.16 bits per heavy atom.